The van der Waals surface area contributed by atoms with Crippen LogP contribution < -0.4 is 10.2 Å². The number of aryl methyl sites for hydroxylation is 2. The van der Waals surface area contributed by atoms with E-state index in [0.717, 1.165) is 47.1 Å². The highest BCUT2D eigenvalue weighted by Gasteiger charge is 2.24. The van der Waals surface area contributed by atoms with Gasteiger partial charge in [0.25, 0.3) is 5.91 Å². The number of sulfonamides is 1. The van der Waals surface area contributed by atoms with E-state index < -0.39 is 10.0 Å². The third-order valence-corrected chi connectivity index (χ3v) is 6.73. The van der Waals surface area contributed by atoms with Gasteiger partial charge < -0.3 is 10.2 Å². The second-order valence-electron chi connectivity index (χ2n) is 7.49. The first-order chi connectivity index (χ1) is 13.2. The van der Waals surface area contributed by atoms with Crippen molar-refractivity contribution in [2.45, 2.75) is 31.6 Å². The number of hydrogen-bond acceptors (Lipinski definition) is 4. The number of rotatable bonds is 5. The minimum Gasteiger partial charge on any atom is -0.371 e. The second kappa shape index (κ2) is 7.93. The molecule has 7 heteroatoms. The molecule has 1 aliphatic heterocycles. The van der Waals surface area contributed by atoms with Crippen LogP contribution in [0.3, 0.4) is 0 Å². The van der Waals surface area contributed by atoms with Crippen LogP contribution in [0, 0.1) is 13.8 Å². The zero-order valence-corrected chi connectivity index (χ0v) is 17.6. The maximum Gasteiger partial charge on any atom is 0.257 e. The summed E-state index contributed by atoms with van der Waals surface area (Å²) in [7, 11) is -0.654. The monoisotopic (exact) mass is 401 g/mol. The van der Waals surface area contributed by atoms with E-state index in [-0.39, 0.29) is 10.8 Å². The molecule has 0 spiro atoms. The Hall–Kier alpha value is -2.38. The summed E-state index contributed by atoms with van der Waals surface area (Å²) in [6, 6.07) is 10.7. The molecular formula is C21H27N3O3S. The van der Waals surface area contributed by atoms with Gasteiger partial charge in [-0.1, -0.05) is 6.07 Å². The van der Waals surface area contributed by atoms with E-state index in [9.17, 15) is 13.2 Å². The maximum atomic E-state index is 13.1. The fraction of sp³-hybridized carbons (Fsp3) is 0.381. The predicted molar refractivity (Wildman–Crippen MR) is 113 cm³/mol. The van der Waals surface area contributed by atoms with E-state index in [1.807, 2.05) is 32.0 Å². The number of nitrogens with one attached hydrogen (secondary N) is 1. The molecule has 0 bridgehead atoms. The van der Waals surface area contributed by atoms with Crippen molar-refractivity contribution in [1.82, 2.24) is 4.31 Å². The quantitative estimate of drug-likeness (QED) is 0.834. The molecule has 2 aromatic carbocycles. The molecule has 28 heavy (non-hydrogen) atoms. The molecule has 2 aromatic rings. The number of anilines is 2. The number of hydrogen-bond donors (Lipinski definition) is 1. The summed E-state index contributed by atoms with van der Waals surface area (Å²) < 4.78 is 26.3. The molecule has 1 N–H and O–H groups in total. The lowest BCUT2D eigenvalue weighted by molar-refractivity contribution is 0.102. The molecule has 1 amide bonds. The third-order valence-electron chi connectivity index (χ3n) is 4.92. The fourth-order valence-electron chi connectivity index (χ4n) is 3.55. The first kappa shape index (κ1) is 20.4. The van der Waals surface area contributed by atoms with Crippen molar-refractivity contribution in [3.8, 4) is 0 Å². The SMILES string of the molecule is Cc1cc(C)cc(NC(=O)c2cc(S(=O)(=O)N(C)C)ccc2N2CCCC2)c1. The molecule has 0 aromatic heterocycles. The number of nitrogens with zero attached hydrogens (tertiary/aromatic N) is 2. The summed E-state index contributed by atoms with van der Waals surface area (Å²) in [4.78, 5) is 15.4. The third kappa shape index (κ3) is 4.20. The van der Waals surface area contributed by atoms with E-state index in [2.05, 4.69) is 10.2 Å². The average Bonchev–Trinajstić information content (AvgIpc) is 3.14. The van der Waals surface area contributed by atoms with Crippen LogP contribution in [-0.4, -0.2) is 45.8 Å². The Labute approximate surface area is 167 Å². The Kier molecular flexibility index (Phi) is 5.76. The van der Waals surface area contributed by atoms with Crippen molar-refractivity contribution in [1.29, 1.82) is 0 Å². The lowest BCUT2D eigenvalue weighted by Crippen LogP contribution is -2.25. The molecule has 0 saturated carbocycles. The molecule has 0 atom stereocenters. The predicted octanol–water partition coefficient (Wildman–Crippen LogP) is 3.41. The largest absolute Gasteiger partial charge is 0.371 e. The van der Waals surface area contributed by atoms with Gasteiger partial charge in [-0.05, 0) is 68.1 Å². The van der Waals surface area contributed by atoms with Gasteiger partial charge in [0.05, 0.1) is 10.5 Å². The van der Waals surface area contributed by atoms with E-state index in [0.29, 0.717) is 11.3 Å². The lowest BCUT2D eigenvalue weighted by atomic mass is 10.1. The van der Waals surface area contributed by atoms with Gasteiger partial charge in [0, 0.05) is 38.6 Å². The van der Waals surface area contributed by atoms with Crippen LogP contribution in [0.15, 0.2) is 41.3 Å². The molecule has 150 valence electrons. The van der Waals surface area contributed by atoms with Gasteiger partial charge in [0.1, 0.15) is 0 Å². The van der Waals surface area contributed by atoms with Crippen LogP contribution in [0.25, 0.3) is 0 Å². The minimum absolute atomic E-state index is 0.117. The van der Waals surface area contributed by atoms with Crippen molar-refractivity contribution in [2.24, 2.45) is 0 Å². The molecule has 0 unspecified atom stereocenters. The van der Waals surface area contributed by atoms with Crippen LogP contribution in [0.4, 0.5) is 11.4 Å². The second-order valence-corrected chi connectivity index (χ2v) is 9.64. The fourth-order valence-corrected chi connectivity index (χ4v) is 4.48. The van der Waals surface area contributed by atoms with Gasteiger partial charge in [0.2, 0.25) is 10.0 Å². The number of carbonyl (C=O) groups is 1. The van der Waals surface area contributed by atoms with Crippen molar-refractivity contribution in [3.05, 3.63) is 53.1 Å². The Morgan fingerprint density at radius 3 is 2.18 bits per heavy atom. The van der Waals surface area contributed by atoms with Crippen LogP contribution in [0.5, 0.6) is 0 Å². The Morgan fingerprint density at radius 1 is 1.00 bits per heavy atom. The zero-order valence-electron chi connectivity index (χ0n) is 16.8. The van der Waals surface area contributed by atoms with E-state index in [1.54, 1.807) is 12.1 Å². The van der Waals surface area contributed by atoms with Crippen LogP contribution >= 0.6 is 0 Å². The van der Waals surface area contributed by atoms with Gasteiger partial charge in [0.15, 0.2) is 0 Å². The van der Waals surface area contributed by atoms with Gasteiger partial charge in [-0.2, -0.15) is 0 Å². The van der Waals surface area contributed by atoms with Crippen molar-refractivity contribution in [2.75, 3.05) is 37.4 Å². The standard InChI is InChI=1S/C21H27N3O3S/c1-15-11-16(2)13-17(12-15)22-21(25)19-14-18(28(26,27)23(3)4)7-8-20(19)24-9-5-6-10-24/h7-8,11-14H,5-6,9-10H2,1-4H3,(H,22,25). The molecule has 0 aliphatic carbocycles. The Balaban J connectivity index is 2.03. The van der Waals surface area contributed by atoms with Crippen molar-refractivity contribution in [3.63, 3.8) is 0 Å². The summed E-state index contributed by atoms with van der Waals surface area (Å²) in [6.07, 6.45) is 2.13. The highest BCUT2D eigenvalue weighted by Crippen LogP contribution is 2.29. The molecule has 1 aliphatic rings. The molecule has 6 nitrogen and oxygen atoms in total. The summed E-state index contributed by atoms with van der Waals surface area (Å²) in [5, 5.41) is 2.94. The minimum atomic E-state index is -3.62. The van der Waals surface area contributed by atoms with Gasteiger partial charge >= 0.3 is 0 Å². The van der Waals surface area contributed by atoms with Crippen molar-refractivity contribution < 1.29 is 13.2 Å². The molecule has 1 saturated heterocycles. The molecule has 3 rings (SSSR count). The summed E-state index contributed by atoms with van der Waals surface area (Å²) in [5.74, 6) is -0.303. The highest BCUT2D eigenvalue weighted by molar-refractivity contribution is 7.89. The first-order valence-corrected chi connectivity index (χ1v) is 10.8. The van der Waals surface area contributed by atoms with Gasteiger partial charge in [-0.3, -0.25) is 4.79 Å². The first-order valence-electron chi connectivity index (χ1n) is 9.39. The Bertz CT molecular complexity index is 974. The topological polar surface area (TPSA) is 69.7 Å². The van der Waals surface area contributed by atoms with E-state index >= 15 is 0 Å². The zero-order chi connectivity index (χ0) is 20.5. The summed E-state index contributed by atoms with van der Waals surface area (Å²) >= 11 is 0. The number of carbonyl (C=O) groups excluding carboxylic acids is 1. The number of amides is 1. The smallest absolute Gasteiger partial charge is 0.257 e. The van der Waals surface area contributed by atoms with Gasteiger partial charge in [-0.15, -0.1) is 0 Å². The van der Waals surface area contributed by atoms with Crippen LogP contribution in [0.2, 0.25) is 0 Å². The molecule has 0 radical (unpaired) electrons. The summed E-state index contributed by atoms with van der Waals surface area (Å²) in [5.41, 5.74) is 3.97. The van der Waals surface area contributed by atoms with Gasteiger partial charge in [-0.25, -0.2) is 12.7 Å². The summed E-state index contributed by atoms with van der Waals surface area (Å²) in [6.45, 7) is 5.68. The van der Waals surface area contributed by atoms with Crippen molar-refractivity contribution >= 4 is 27.3 Å². The van der Waals surface area contributed by atoms with E-state index in [4.69, 9.17) is 0 Å². The van der Waals surface area contributed by atoms with Crippen LogP contribution in [-0.2, 0) is 10.0 Å². The average molecular weight is 402 g/mol. The Morgan fingerprint density at radius 2 is 1.61 bits per heavy atom. The number of benzene rings is 2. The van der Waals surface area contributed by atoms with E-state index in [1.165, 1.54) is 20.2 Å². The molecular weight excluding hydrogens is 374 g/mol. The molecule has 1 heterocycles. The normalized spacial score (nSPS) is 14.5. The lowest BCUT2D eigenvalue weighted by Gasteiger charge is -2.22. The highest BCUT2D eigenvalue weighted by atomic mass is 32.2. The molecule has 1 fully saturated rings. The maximum absolute atomic E-state index is 13.1. The van der Waals surface area contributed by atoms with Crippen LogP contribution in [0.1, 0.15) is 34.3 Å².